The summed E-state index contributed by atoms with van der Waals surface area (Å²) in [6, 6.07) is 6.99. The molecule has 1 saturated heterocycles. The molecule has 1 aliphatic heterocycles. The molecule has 3 N–H and O–H groups in total. The molecule has 0 saturated carbocycles. The molecule has 3 atom stereocenters. The van der Waals surface area contributed by atoms with E-state index in [1.807, 2.05) is 31.2 Å². The number of ether oxygens (including phenoxy) is 2. The van der Waals surface area contributed by atoms with E-state index in [-0.39, 0.29) is 11.5 Å². The molecule has 0 spiro atoms. The van der Waals surface area contributed by atoms with E-state index in [0.717, 1.165) is 37.2 Å². The van der Waals surface area contributed by atoms with Crippen molar-refractivity contribution in [1.82, 2.24) is 0 Å². The van der Waals surface area contributed by atoms with Gasteiger partial charge >= 0.3 is 5.97 Å². The molecule has 6 heteroatoms. The van der Waals surface area contributed by atoms with Crippen molar-refractivity contribution in [3.8, 4) is 5.75 Å². The maximum Gasteiger partial charge on any atom is 0.321 e. The summed E-state index contributed by atoms with van der Waals surface area (Å²) >= 11 is 1.53. The highest BCUT2D eigenvalue weighted by molar-refractivity contribution is 7.99. The standard InChI is InChI=1S/C16H23NO4S/c1-11(15(17)16(18)19)22-10-12-5-4-6-13(9-12)21-14-7-2-3-8-20-14/h4-6,9,11,14-15H,2-3,7-8,10,17H2,1H3,(H,18,19). The second-order valence-corrected chi connectivity index (χ2v) is 6.81. The van der Waals surface area contributed by atoms with Gasteiger partial charge in [-0.2, -0.15) is 11.8 Å². The topological polar surface area (TPSA) is 81.8 Å². The summed E-state index contributed by atoms with van der Waals surface area (Å²) in [6.45, 7) is 2.59. The molecule has 5 nitrogen and oxygen atoms in total. The first-order valence-corrected chi connectivity index (χ1v) is 8.58. The first-order chi connectivity index (χ1) is 10.6. The molecule has 122 valence electrons. The molecule has 22 heavy (non-hydrogen) atoms. The van der Waals surface area contributed by atoms with Crippen molar-refractivity contribution in [2.45, 2.75) is 49.5 Å². The molecule has 0 amide bonds. The van der Waals surface area contributed by atoms with Gasteiger partial charge in [-0.15, -0.1) is 0 Å². The number of carboxylic acids is 1. The third-order valence-corrected chi connectivity index (χ3v) is 4.93. The Hall–Kier alpha value is -1.24. The highest BCUT2D eigenvalue weighted by atomic mass is 32.2. The number of nitrogens with two attached hydrogens (primary N) is 1. The molecule has 0 bridgehead atoms. The van der Waals surface area contributed by atoms with Gasteiger partial charge in [-0.25, -0.2) is 0 Å². The first-order valence-electron chi connectivity index (χ1n) is 7.53. The summed E-state index contributed by atoms with van der Waals surface area (Å²) in [6.07, 6.45) is 2.99. The number of hydrogen-bond donors (Lipinski definition) is 2. The molecular weight excluding hydrogens is 302 g/mol. The van der Waals surface area contributed by atoms with Crippen molar-refractivity contribution >= 4 is 17.7 Å². The Bertz CT molecular complexity index is 491. The van der Waals surface area contributed by atoms with Crippen LogP contribution in [0.1, 0.15) is 31.7 Å². The fourth-order valence-corrected chi connectivity index (χ4v) is 3.16. The highest BCUT2D eigenvalue weighted by Crippen LogP contribution is 2.24. The fourth-order valence-electron chi connectivity index (χ4n) is 2.20. The van der Waals surface area contributed by atoms with E-state index in [1.165, 1.54) is 11.8 Å². The van der Waals surface area contributed by atoms with E-state index in [1.54, 1.807) is 0 Å². The van der Waals surface area contributed by atoms with Crippen molar-refractivity contribution in [3.05, 3.63) is 29.8 Å². The third kappa shape index (κ3) is 5.19. The van der Waals surface area contributed by atoms with Crippen molar-refractivity contribution in [3.63, 3.8) is 0 Å². The predicted molar refractivity (Wildman–Crippen MR) is 87.0 cm³/mol. The summed E-state index contributed by atoms with van der Waals surface area (Å²) in [7, 11) is 0. The summed E-state index contributed by atoms with van der Waals surface area (Å²) in [5.74, 6) is 0.525. The zero-order chi connectivity index (χ0) is 15.9. The average molecular weight is 325 g/mol. The molecule has 0 aliphatic carbocycles. The lowest BCUT2D eigenvalue weighted by molar-refractivity contribution is -0.138. The summed E-state index contributed by atoms with van der Waals surface area (Å²) < 4.78 is 11.4. The molecule has 0 radical (unpaired) electrons. The Kier molecular flexibility index (Phi) is 6.54. The largest absolute Gasteiger partial charge is 0.480 e. The van der Waals surface area contributed by atoms with Crippen LogP contribution in [0.2, 0.25) is 0 Å². The van der Waals surface area contributed by atoms with Crippen molar-refractivity contribution in [2.75, 3.05) is 6.61 Å². The summed E-state index contributed by atoms with van der Waals surface area (Å²) in [5, 5.41) is 8.75. The number of hydrogen-bond acceptors (Lipinski definition) is 5. The molecule has 1 aromatic carbocycles. The zero-order valence-corrected chi connectivity index (χ0v) is 13.6. The van der Waals surface area contributed by atoms with Gasteiger partial charge < -0.3 is 20.3 Å². The Morgan fingerprint density at radius 2 is 2.36 bits per heavy atom. The normalized spacial score (nSPS) is 21.1. The van der Waals surface area contributed by atoms with Crippen molar-refractivity contribution in [2.24, 2.45) is 5.73 Å². The molecule has 1 fully saturated rings. The van der Waals surface area contributed by atoms with Gasteiger partial charge in [0.1, 0.15) is 11.8 Å². The summed E-state index contributed by atoms with van der Waals surface area (Å²) in [4.78, 5) is 10.9. The van der Waals surface area contributed by atoms with Crippen LogP contribution in [0.3, 0.4) is 0 Å². The SMILES string of the molecule is CC(SCc1cccc(OC2CCCCO2)c1)C(N)C(=O)O. The van der Waals surface area contributed by atoms with Gasteiger partial charge in [0.05, 0.1) is 6.61 Å². The number of thioether (sulfide) groups is 1. The molecule has 1 aromatic rings. The summed E-state index contributed by atoms with van der Waals surface area (Å²) in [5.41, 5.74) is 6.70. The maximum absolute atomic E-state index is 10.9. The van der Waals surface area contributed by atoms with E-state index < -0.39 is 12.0 Å². The van der Waals surface area contributed by atoms with Crippen LogP contribution in [0.4, 0.5) is 0 Å². The van der Waals surface area contributed by atoms with Crippen LogP contribution in [0, 0.1) is 0 Å². The van der Waals surface area contributed by atoms with E-state index in [9.17, 15) is 4.79 Å². The third-order valence-electron chi connectivity index (χ3n) is 3.61. The van der Waals surface area contributed by atoms with Crippen LogP contribution in [-0.4, -0.2) is 35.3 Å². The van der Waals surface area contributed by atoms with E-state index in [0.29, 0.717) is 5.75 Å². The van der Waals surface area contributed by atoms with Gasteiger partial charge in [-0.1, -0.05) is 19.1 Å². The van der Waals surface area contributed by atoms with E-state index in [2.05, 4.69) is 0 Å². The number of rotatable bonds is 7. The highest BCUT2D eigenvalue weighted by Gasteiger charge is 2.20. The smallest absolute Gasteiger partial charge is 0.321 e. The van der Waals surface area contributed by atoms with Gasteiger partial charge in [0, 0.05) is 17.4 Å². The van der Waals surface area contributed by atoms with Crippen molar-refractivity contribution in [1.29, 1.82) is 0 Å². The van der Waals surface area contributed by atoms with Crippen LogP contribution < -0.4 is 10.5 Å². The number of benzene rings is 1. The van der Waals surface area contributed by atoms with Crippen LogP contribution in [0.5, 0.6) is 5.75 Å². The van der Waals surface area contributed by atoms with Gasteiger partial charge in [-0.05, 0) is 30.5 Å². The van der Waals surface area contributed by atoms with Gasteiger partial charge in [0.15, 0.2) is 6.29 Å². The second-order valence-electron chi connectivity index (χ2n) is 5.44. The molecule has 2 rings (SSSR count). The minimum absolute atomic E-state index is 0.149. The second kappa shape index (κ2) is 8.41. The Morgan fingerprint density at radius 1 is 1.55 bits per heavy atom. The van der Waals surface area contributed by atoms with Crippen LogP contribution in [-0.2, 0) is 15.3 Å². The Labute approximate surface area is 135 Å². The van der Waals surface area contributed by atoms with Crippen molar-refractivity contribution < 1.29 is 19.4 Å². The lowest BCUT2D eigenvalue weighted by Gasteiger charge is -2.23. The van der Waals surface area contributed by atoms with Crippen LogP contribution >= 0.6 is 11.8 Å². The molecule has 0 aromatic heterocycles. The van der Waals surface area contributed by atoms with Crippen LogP contribution in [0.25, 0.3) is 0 Å². The molecule has 1 heterocycles. The van der Waals surface area contributed by atoms with Gasteiger partial charge in [0.25, 0.3) is 0 Å². The Balaban J connectivity index is 1.86. The minimum Gasteiger partial charge on any atom is -0.480 e. The average Bonchev–Trinajstić information content (AvgIpc) is 2.53. The lowest BCUT2D eigenvalue weighted by atomic mass is 10.2. The zero-order valence-electron chi connectivity index (χ0n) is 12.7. The van der Waals surface area contributed by atoms with Crippen LogP contribution in [0.15, 0.2) is 24.3 Å². The number of carboxylic acid groups (broad SMARTS) is 1. The quantitative estimate of drug-likeness (QED) is 0.802. The number of carbonyl (C=O) groups is 1. The number of aliphatic carboxylic acids is 1. The minimum atomic E-state index is -0.966. The molecular formula is C16H23NO4S. The fraction of sp³-hybridized carbons (Fsp3) is 0.562. The van der Waals surface area contributed by atoms with E-state index in [4.69, 9.17) is 20.3 Å². The molecule has 1 aliphatic rings. The maximum atomic E-state index is 10.9. The van der Waals surface area contributed by atoms with Gasteiger partial charge in [-0.3, -0.25) is 4.79 Å². The predicted octanol–water partition coefficient (Wildman–Crippen LogP) is 2.63. The van der Waals surface area contributed by atoms with Gasteiger partial charge in [0.2, 0.25) is 0 Å². The lowest BCUT2D eigenvalue weighted by Crippen LogP contribution is -2.38. The molecule has 3 unspecified atom stereocenters. The monoisotopic (exact) mass is 325 g/mol. The first kappa shape index (κ1) is 17.1. The van der Waals surface area contributed by atoms with E-state index >= 15 is 0 Å². The Morgan fingerprint density at radius 3 is 3.05 bits per heavy atom.